The van der Waals surface area contributed by atoms with Gasteiger partial charge >= 0.3 is 0 Å². The number of Topliss-reactive ketones (excluding diaryl/α,β-unsaturated/α-hetero) is 1. The van der Waals surface area contributed by atoms with E-state index in [9.17, 15) is 4.79 Å². The van der Waals surface area contributed by atoms with Gasteiger partial charge in [-0.15, -0.1) is 24.4 Å². The lowest BCUT2D eigenvalue weighted by atomic mass is 10.1. The van der Waals surface area contributed by atoms with E-state index in [4.69, 9.17) is 4.74 Å². The van der Waals surface area contributed by atoms with Crippen LogP contribution in [0.25, 0.3) is 10.8 Å². The zero-order chi connectivity index (χ0) is 13.1. The number of thiol groups is 1. The van der Waals surface area contributed by atoms with E-state index in [1.807, 2.05) is 30.5 Å². The van der Waals surface area contributed by atoms with Crippen LogP contribution in [0.4, 0.5) is 0 Å². The van der Waals surface area contributed by atoms with Crippen LogP contribution in [0.15, 0.2) is 40.1 Å². The zero-order valence-corrected chi connectivity index (χ0v) is 12.0. The molecular formula is C14H14O2S2. The van der Waals surface area contributed by atoms with Gasteiger partial charge in [-0.1, -0.05) is 0 Å². The second-order valence-corrected chi connectivity index (χ2v) is 5.42. The van der Waals surface area contributed by atoms with E-state index in [-0.39, 0.29) is 12.4 Å². The Kier molecular flexibility index (Phi) is 4.19. The van der Waals surface area contributed by atoms with Gasteiger partial charge in [0, 0.05) is 15.2 Å². The van der Waals surface area contributed by atoms with E-state index in [0.29, 0.717) is 5.75 Å². The second kappa shape index (κ2) is 5.67. The number of hydrogen-bond acceptors (Lipinski definition) is 4. The maximum absolute atomic E-state index is 11.0. The highest BCUT2D eigenvalue weighted by molar-refractivity contribution is 7.98. The van der Waals surface area contributed by atoms with Crippen LogP contribution >= 0.6 is 24.4 Å². The third kappa shape index (κ3) is 3.00. The Morgan fingerprint density at radius 1 is 1.33 bits per heavy atom. The number of ketones is 1. The molecule has 2 aromatic rings. The topological polar surface area (TPSA) is 26.3 Å². The van der Waals surface area contributed by atoms with Gasteiger partial charge in [-0.25, -0.2) is 0 Å². The molecule has 0 amide bonds. The van der Waals surface area contributed by atoms with Crippen molar-refractivity contribution in [2.24, 2.45) is 0 Å². The van der Waals surface area contributed by atoms with Crippen LogP contribution in [0.3, 0.4) is 0 Å². The van der Waals surface area contributed by atoms with Gasteiger partial charge in [-0.2, -0.15) is 0 Å². The number of fused-ring (bicyclic) bond motifs is 1. The number of benzene rings is 2. The first-order chi connectivity index (χ1) is 8.60. The van der Waals surface area contributed by atoms with Crippen molar-refractivity contribution in [2.45, 2.75) is 16.7 Å². The Bertz CT molecular complexity index is 594. The summed E-state index contributed by atoms with van der Waals surface area (Å²) in [5.74, 6) is 0.716. The third-order valence-corrected chi connectivity index (χ3v) is 3.52. The molecule has 0 saturated heterocycles. The lowest BCUT2D eigenvalue weighted by Crippen LogP contribution is -2.06. The summed E-state index contributed by atoms with van der Waals surface area (Å²) in [6, 6.07) is 10.0. The summed E-state index contributed by atoms with van der Waals surface area (Å²) in [5.41, 5.74) is 0. The first kappa shape index (κ1) is 13.3. The standard InChI is InChI=1S/C14H14O2S2/c1-9(15)8-16-14-7-11(17)5-10-6-12(18-2)3-4-13(10)14/h3-7,17H,8H2,1-2H3. The van der Waals surface area contributed by atoms with Crippen LogP contribution in [0, 0.1) is 0 Å². The summed E-state index contributed by atoms with van der Waals surface area (Å²) < 4.78 is 5.53. The van der Waals surface area contributed by atoms with E-state index >= 15 is 0 Å². The van der Waals surface area contributed by atoms with Crippen LogP contribution in [-0.2, 0) is 4.79 Å². The maximum Gasteiger partial charge on any atom is 0.167 e. The van der Waals surface area contributed by atoms with Gasteiger partial charge < -0.3 is 4.74 Å². The fourth-order valence-corrected chi connectivity index (χ4v) is 2.43. The van der Waals surface area contributed by atoms with E-state index in [2.05, 4.69) is 18.7 Å². The molecule has 0 heterocycles. The monoisotopic (exact) mass is 278 g/mol. The molecule has 2 aromatic carbocycles. The normalized spacial score (nSPS) is 10.6. The molecule has 0 fully saturated rings. The predicted molar refractivity (Wildman–Crippen MR) is 79.2 cm³/mol. The zero-order valence-electron chi connectivity index (χ0n) is 10.3. The fraction of sp³-hybridized carbons (Fsp3) is 0.214. The molecule has 0 radical (unpaired) electrons. The Balaban J connectivity index is 2.48. The first-order valence-electron chi connectivity index (χ1n) is 5.53. The van der Waals surface area contributed by atoms with Crippen molar-refractivity contribution in [1.29, 1.82) is 0 Å². The van der Waals surface area contributed by atoms with Gasteiger partial charge in [0.1, 0.15) is 12.4 Å². The highest BCUT2D eigenvalue weighted by Crippen LogP contribution is 2.31. The maximum atomic E-state index is 11.0. The molecule has 4 heteroatoms. The average Bonchev–Trinajstić information content (AvgIpc) is 2.34. The lowest BCUT2D eigenvalue weighted by molar-refractivity contribution is -0.118. The Morgan fingerprint density at radius 3 is 2.78 bits per heavy atom. The number of thioether (sulfide) groups is 1. The van der Waals surface area contributed by atoms with Gasteiger partial charge in [-0.3, -0.25) is 4.79 Å². The molecule has 0 aliphatic rings. The van der Waals surface area contributed by atoms with Crippen molar-refractivity contribution in [1.82, 2.24) is 0 Å². The Labute approximate surface area is 116 Å². The fourth-order valence-electron chi connectivity index (χ4n) is 1.72. The van der Waals surface area contributed by atoms with Gasteiger partial charge in [0.15, 0.2) is 5.78 Å². The molecule has 18 heavy (non-hydrogen) atoms. The van der Waals surface area contributed by atoms with Crippen LogP contribution in [-0.4, -0.2) is 18.6 Å². The van der Waals surface area contributed by atoms with Crippen LogP contribution in [0.2, 0.25) is 0 Å². The van der Waals surface area contributed by atoms with Crippen molar-refractivity contribution in [2.75, 3.05) is 12.9 Å². The highest BCUT2D eigenvalue weighted by atomic mass is 32.2. The Hall–Kier alpha value is -1.13. The predicted octanol–water partition coefficient (Wildman–Crippen LogP) is 3.82. The highest BCUT2D eigenvalue weighted by Gasteiger charge is 2.06. The lowest BCUT2D eigenvalue weighted by Gasteiger charge is -2.10. The largest absolute Gasteiger partial charge is 0.485 e. The molecule has 2 nitrogen and oxygen atoms in total. The molecule has 0 aliphatic carbocycles. The van der Waals surface area contributed by atoms with E-state index in [1.165, 1.54) is 11.8 Å². The van der Waals surface area contributed by atoms with Crippen molar-refractivity contribution in [3.8, 4) is 5.75 Å². The number of carbonyl (C=O) groups excluding carboxylic acids is 1. The second-order valence-electron chi connectivity index (χ2n) is 4.02. The third-order valence-electron chi connectivity index (χ3n) is 2.54. The number of hydrogen-bond donors (Lipinski definition) is 1. The van der Waals surface area contributed by atoms with Crippen molar-refractivity contribution in [3.05, 3.63) is 30.3 Å². The summed E-state index contributed by atoms with van der Waals surface area (Å²) in [6.45, 7) is 1.61. The number of carbonyl (C=O) groups is 1. The SMILES string of the molecule is CSc1ccc2c(OCC(C)=O)cc(S)cc2c1. The van der Waals surface area contributed by atoms with Crippen LogP contribution in [0.1, 0.15) is 6.92 Å². The van der Waals surface area contributed by atoms with Crippen molar-refractivity contribution >= 4 is 40.9 Å². The van der Waals surface area contributed by atoms with E-state index in [0.717, 1.165) is 15.7 Å². The molecule has 0 atom stereocenters. The van der Waals surface area contributed by atoms with E-state index < -0.39 is 0 Å². The minimum atomic E-state index is 0.00783. The van der Waals surface area contributed by atoms with Crippen LogP contribution < -0.4 is 4.74 Å². The molecule has 94 valence electrons. The molecule has 0 aliphatic heterocycles. The van der Waals surface area contributed by atoms with Gasteiger partial charge in [-0.05, 0) is 48.9 Å². The summed E-state index contributed by atoms with van der Waals surface area (Å²) in [7, 11) is 0. The van der Waals surface area contributed by atoms with Gasteiger partial charge in [0.25, 0.3) is 0 Å². The summed E-state index contributed by atoms with van der Waals surface area (Å²) in [6.07, 6.45) is 2.04. The van der Waals surface area contributed by atoms with Gasteiger partial charge in [0.05, 0.1) is 0 Å². The molecule has 0 spiro atoms. The molecular weight excluding hydrogens is 264 g/mol. The van der Waals surface area contributed by atoms with Crippen molar-refractivity contribution < 1.29 is 9.53 Å². The van der Waals surface area contributed by atoms with Crippen molar-refractivity contribution in [3.63, 3.8) is 0 Å². The summed E-state index contributed by atoms with van der Waals surface area (Å²) in [5, 5.41) is 2.08. The molecule has 2 rings (SSSR count). The summed E-state index contributed by atoms with van der Waals surface area (Å²) in [4.78, 5) is 13.0. The summed E-state index contributed by atoms with van der Waals surface area (Å²) >= 11 is 6.06. The minimum Gasteiger partial charge on any atom is -0.485 e. The first-order valence-corrected chi connectivity index (χ1v) is 7.20. The molecule has 0 unspecified atom stereocenters. The number of rotatable bonds is 4. The molecule has 0 bridgehead atoms. The number of ether oxygens (including phenoxy) is 1. The smallest absolute Gasteiger partial charge is 0.167 e. The van der Waals surface area contributed by atoms with Crippen LogP contribution in [0.5, 0.6) is 5.75 Å². The van der Waals surface area contributed by atoms with E-state index in [1.54, 1.807) is 11.8 Å². The van der Waals surface area contributed by atoms with Gasteiger partial charge in [0.2, 0.25) is 0 Å². The minimum absolute atomic E-state index is 0.00783. The molecule has 0 N–H and O–H groups in total. The Morgan fingerprint density at radius 2 is 2.11 bits per heavy atom. The average molecular weight is 278 g/mol. The molecule has 0 saturated carbocycles. The quantitative estimate of drug-likeness (QED) is 0.680. The molecule has 0 aromatic heterocycles.